The fourth-order valence-electron chi connectivity index (χ4n) is 2.17. The molecule has 0 spiro atoms. The van der Waals surface area contributed by atoms with E-state index < -0.39 is 15.8 Å². The second kappa shape index (κ2) is 5.50. The van der Waals surface area contributed by atoms with Crippen LogP contribution in [0.15, 0.2) is 22.7 Å². The summed E-state index contributed by atoms with van der Waals surface area (Å²) in [5.41, 5.74) is 0.782. The number of carboxylic acids is 1. The van der Waals surface area contributed by atoms with E-state index >= 15 is 0 Å². The Morgan fingerprint density at radius 3 is 2.74 bits per heavy atom. The predicted octanol–water partition coefficient (Wildman–Crippen LogP) is 2.14. The van der Waals surface area contributed by atoms with E-state index in [9.17, 15) is 13.2 Å². The van der Waals surface area contributed by atoms with E-state index in [-0.39, 0.29) is 23.1 Å². The van der Waals surface area contributed by atoms with Gasteiger partial charge >= 0.3 is 5.97 Å². The van der Waals surface area contributed by atoms with Gasteiger partial charge in [-0.25, -0.2) is 13.2 Å². The second-order valence-electron chi connectivity index (χ2n) is 4.63. The molecule has 0 saturated carbocycles. The highest BCUT2D eigenvalue weighted by Gasteiger charge is 2.24. The van der Waals surface area contributed by atoms with Crippen LogP contribution >= 0.6 is 15.9 Å². The van der Waals surface area contributed by atoms with Gasteiger partial charge in [-0.3, -0.25) is 0 Å². The van der Waals surface area contributed by atoms with Gasteiger partial charge in [-0.15, -0.1) is 0 Å². The number of aromatic carboxylic acids is 1. The highest BCUT2D eigenvalue weighted by molar-refractivity contribution is 9.10. The van der Waals surface area contributed by atoms with E-state index in [1.165, 1.54) is 12.1 Å². The van der Waals surface area contributed by atoms with Crippen LogP contribution < -0.4 is 5.32 Å². The van der Waals surface area contributed by atoms with Crippen molar-refractivity contribution in [2.24, 2.45) is 0 Å². The third-order valence-electron chi connectivity index (χ3n) is 2.98. The molecular weight excluding hydrogens is 334 g/mol. The van der Waals surface area contributed by atoms with Crippen molar-refractivity contribution in [1.82, 2.24) is 0 Å². The maximum Gasteiger partial charge on any atom is 0.335 e. The third kappa shape index (κ3) is 3.94. The van der Waals surface area contributed by atoms with Crippen molar-refractivity contribution in [3.05, 3.63) is 28.2 Å². The van der Waals surface area contributed by atoms with Gasteiger partial charge in [0.2, 0.25) is 0 Å². The van der Waals surface area contributed by atoms with Crippen LogP contribution in [0.1, 0.15) is 23.2 Å². The summed E-state index contributed by atoms with van der Waals surface area (Å²) in [6, 6.07) is 4.60. The zero-order chi connectivity index (χ0) is 14.0. The van der Waals surface area contributed by atoms with Gasteiger partial charge in [0.25, 0.3) is 0 Å². The average molecular weight is 348 g/mol. The lowest BCUT2D eigenvalue weighted by atomic mass is 10.1. The van der Waals surface area contributed by atoms with Gasteiger partial charge in [0.15, 0.2) is 9.84 Å². The first-order valence-corrected chi connectivity index (χ1v) is 8.48. The lowest BCUT2D eigenvalue weighted by Gasteiger charge is -2.24. The number of carboxylic acid groups (broad SMARTS) is 1. The summed E-state index contributed by atoms with van der Waals surface area (Å²) >= 11 is 3.25. The lowest BCUT2D eigenvalue weighted by molar-refractivity contribution is 0.0697. The fourth-order valence-corrected chi connectivity index (χ4v) is 4.30. The number of anilines is 1. The van der Waals surface area contributed by atoms with Gasteiger partial charge in [-0.05, 0) is 31.0 Å². The molecule has 1 aliphatic heterocycles. The smallest absolute Gasteiger partial charge is 0.335 e. The number of benzene rings is 1. The fraction of sp³-hybridized carbons (Fsp3) is 0.417. The van der Waals surface area contributed by atoms with Gasteiger partial charge < -0.3 is 10.4 Å². The summed E-state index contributed by atoms with van der Waals surface area (Å²) in [5, 5.41) is 12.1. The van der Waals surface area contributed by atoms with Crippen molar-refractivity contribution in [1.29, 1.82) is 0 Å². The summed E-state index contributed by atoms with van der Waals surface area (Å²) in [4.78, 5) is 11.0. The molecule has 2 N–H and O–H groups in total. The lowest BCUT2D eigenvalue weighted by Crippen LogP contribution is -2.34. The molecule has 0 aromatic heterocycles. The van der Waals surface area contributed by atoms with Crippen molar-refractivity contribution < 1.29 is 18.3 Å². The van der Waals surface area contributed by atoms with Crippen LogP contribution in [0, 0.1) is 0 Å². The number of hydrogen-bond donors (Lipinski definition) is 2. The summed E-state index contributed by atoms with van der Waals surface area (Å²) in [6.45, 7) is 0. The topological polar surface area (TPSA) is 83.5 Å². The van der Waals surface area contributed by atoms with Gasteiger partial charge in [-0.2, -0.15) is 0 Å². The zero-order valence-corrected chi connectivity index (χ0v) is 12.5. The van der Waals surface area contributed by atoms with Crippen molar-refractivity contribution >= 4 is 37.4 Å². The summed E-state index contributed by atoms with van der Waals surface area (Å²) < 4.78 is 23.7. The third-order valence-corrected chi connectivity index (χ3v) is 5.26. The Labute approximate surface area is 120 Å². The minimum Gasteiger partial charge on any atom is -0.478 e. The molecule has 2 rings (SSSR count). The summed E-state index contributed by atoms with van der Waals surface area (Å²) in [7, 11) is -2.98. The van der Waals surface area contributed by atoms with E-state index in [0.29, 0.717) is 16.6 Å². The summed E-state index contributed by atoms with van der Waals surface area (Å²) in [5.74, 6) is -0.674. The molecule has 1 aromatic rings. The number of hydrogen-bond acceptors (Lipinski definition) is 4. The molecule has 5 nitrogen and oxygen atoms in total. The van der Waals surface area contributed by atoms with Crippen LogP contribution in [0.25, 0.3) is 0 Å². The maximum absolute atomic E-state index is 11.5. The molecule has 1 aliphatic rings. The summed E-state index contributed by atoms with van der Waals surface area (Å²) in [6.07, 6.45) is 1.41. The molecule has 1 saturated heterocycles. The van der Waals surface area contributed by atoms with E-state index in [4.69, 9.17) is 5.11 Å². The van der Waals surface area contributed by atoms with Crippen molar-refractivity contribution in [2.45, 2.75) is 18.9 Å². The van der Waals surface area contributed by atoms with Crippen LogP contribution in [0.2, 0.25) is 0 Å². The monoisotopic (exact) mass is 347 g/mol. The molecule has 0 bridgehead atoms. The van der Waals surface area contributed by atoms with Crippen LogP contribution in [0.3, 0.4) is 0 Å². The minimum absolute atomic E-state index is 0.0991. The molecule has 1 heterocycles. The molecule has 0 amide bonds. The molecule has 19 heavy (non-hydrogen) atoms. The average Bonchev–Trinajstić information content (AvgIpc) is 2.26. The molecule has 1 unspecified atom stereocenters. The Bertz CT molecular complexity index is 600. The maximum atomic E-state index is 11.5. The SMILES string of the molecule is O=C(O)c1cc(Br)cc(NC2CCCS(=O)(=O)C2)c1. The number of halogens is 1. The number of nitrogens with one attached hydrogen (secondary N) is 1. The van der Waals surface area contributed by atoms with E-state index in [0.717, 1.165) is 6.42 Å². The Balaban J connectivity index is 2.17. The number of carbonyl (C=O) groups is 1. The predicted molar refractivity (Wildman–Crippen MR) is 76.4 cm³/mol. The standard InChI is InChI=1S/C12H14BrNO4S/c13-9-4-8(12(15)16)5-11(6-9)14-10-2-1-3-19(17,18)7-10/h4-6,10,14H,1-3,7H2,(H,15,16). The molecule has 1 aromatic carbocycles. The van der Waals surface area contributed by atoms with Crippen LogP contribution in [-0.2, 0) is 9.84 Å². The highest BCUT2D eigenvalue weighted by atomic mass is 79.9. The van der Waals surface area contributed by atoms with Crippen molar-refractivity contribution in [2.75, 3.05) is 16.8 Å². The molecule has 0 aliphatic carbocycles. The molecule has 1 atom stereocenters. The number of sulfone groups is 1. The number of rotatable bonds is 3. The Hall–Kier alpha value is -1.08. The Morgan fingerprint density at radius 1 is 1.37 bits per heavy atom. The van der Waals surface area contributed by atoms with Crippen LogP contribution in [0.4, 0.5) is 5.69 Å². The first kappa shape index (κ1) is 14.3. The van der Waals surface area contributed by atoms with Crippen molar-refractivity contribution in [3.8, 4) is 0 Å². The molecule has 0 radical (unpaired) electrons. The molecule has 104 valence electrons. The van der Waals surface area contributed by atoms with Gasteiger partial charge in [0, 0.05) is 16.2 Å². The quantitative estimate of drug-likeness (QED) is 0.874. The zero-order valence-electron chi connectivity index (χ0n) is 10.1. The first-order chi connectivity index (χ1) is 8.85. The largest absolute Gasteiger partial charge is 0.478 e. The van der Waals surface area contributed by atoms with E-state index in [1.54, 1.807) is 6.07 Å². The van der Waals surface area contributed by atoms with Gasteiger partial charge in [0.1, 0.15) is 0 Å². The second-order valence-corrected chi connectivity index (χ2v) is 7.78. The Morgan fingerprint density at radius 2 is 2.11 bits per heavy atom. The highest BCUT2D eigenvalue weighted by Crippen LogP contribution is 2.23. The normalized spacial score (nSPS) is 21.8. The first-order valence-electron chi connectivity index (χ1n) is 5.86. The van der Waals surface area contributed by atoms with E-state index in [1.807, 2.05) is 0 Å². The molecule has 7 heteroatoms. The van der Waals surface area contributed by atoms with Gasteiger partial charge in [0.05, 0.1) is 17.1 Å². The van der Waals surface area contributed by atoms with E-state index in [2.05, 4.69) is 21.2 Å². The van der Waals surface area contributed by atoms with Crippen LogP contribution in [-0.4, -0.2) is 37.0 Å². The minimum atomic E-state index is -2.98. The van der Waals surface area contributed by atoms with Crippen LogP contribution in [0.5, 0.6) is 0 Å². The van der Waals surface area contributed by atoms with Gasteiger partial charge in [-0.1, -0.05) is 15.9 Å². The molecular formula is C12H14BrNO4S. The van der Waals surface area contributed by atoms with Crippen molar-refractivity contribution in [3.63, 3.8) is 0 Å². The Kier molecular flexibility index (Phi) is 4.15. The molecule has 1 fully saturated rings.